The van der Waals surface area contributed by atoms with E-state index in [1.54, 1.807) is 0 Å². The van der Waals surface area contributed by atoms with Crippen LogP contribution in [0.3, 0.4) is 0 Å². The van der Waals surface area contributed by atoms with Gasteiger partial charge < -0.3 is 15.1 Å². The lowest BCUT2D eigenvalue weighted by molar-refractivity contribution is 0.312. The van der Waals surface area contributed by atoms with Gasteiger partial charge in [-0.1, -0.05) is 29.8 Å². The third-order valence-electron chi connectivity index (χ3n) is 4.83. The normalized spacial score (nSPS) is 15.4. The molecule has 0 unspecified atom stereocenters. The molecule has 1 N–H and O–H groups in total. The predicted molar refractivity (Wildman–Crippen MR) is 109 cm³/mol. The Morgan fingerprint density at radius 1 is 1.00 bits per heavy atom. The number of likely N-dealkylation sites (N-methyl/N-ethyl adjacent to an activating group) is 1. The Labute approximate surface area is 158 Å². The predicted octanol–water partition coefficient (Wildman–Crippen LogP) is 4.09. The second-order valence-corrected chi connectivity index (χ2v) is 7.20. The zero-order valence-corrected chi connectivity index (χ0v) is 15.8. The second kappa shape index (κ2) is 7.09. The molecule has 0 radical (unpaired) electrons. The van der Waals surface area contributed by atoms with Crippen LogP contribution in [0.5, 0.6) is 0 Å². The number of hydrogen-bond acceptors (Lipinski definition) is 5. The molecule has 0 amide bonds. The summed E-state index contributed by atoms with van der Waals surface area (Å²) in [5.41, 5.74) is 2.98. The number of halogens is 1. The van der Waals surface area contributed by atoms with E-state index >= 15 is 0 Å². The van der Waals surface area contributed by atoms with E-state index in [0.717, 1.165) is 54.2 Å². The van der Waals surface area contributed by atoms with Crippen LogP contribution in [0.1, 0.15) is 5.56 Å². The highest BCUT2D eigenvalue weighted by Gasteiger charge is 2.19. The Morgan fingerprint density at radius 2 is 1.77 bits per heavy atom. The highest BCUT2D eigenvalue weighted by molar-refractivity contribution is 6.30. The van der Waals surface area contributed by atoms with E-state index < -0.39 is 0 Å². The number of rotatable bonds is 3. The molecule has 1 fully saturated rings. The maximum Gasteiger partial charge on any atom is 0.229 e. The van der Waals surface area contributed by atoms with Crippen molar-refractivity contribution in [2.45, 2.75) is 6.92 Å². The minimum absolute atomic E-state index is 0.600. The van der Waals surface area contributed by atoms with Crippen LogP contribution in [0.2, 0.25) is 5.02 Å². The highest BCUT2D eigenvalue weighted by Crippen LogP contribution is 2.28. The molecule has 1 aromatic heterocycles. The van der Waals surface area contributed by atoms with Crippen molar-refractivity contribution in [2.75, 3.05) is 43.4 Å². The van der Waals surface area contributed by atoms with E-state index in [4.69, 9.17) is 21.6 Å². The van der Waals surface area contributed by atoms with Gasteiger partial charge in [-0.3, -0.25) is 0 Å². The number of para-hydroxylation sites is 1. The molecule has 0 spiro atoms. The summed E-state index contributed by atoms with van der Waals surface area (Å²) in [6.07, 6.45) is 0. The summed E-state index contributed by atoms with van der Waals surface area (Å²) < 4.78 is 0. The Balaban J connectivity index is 1.75. The average Bonchev–Trinajstić information content (AvgIpc) is 2.65. The van der Waals surface area contributed by atoms with Gasteiger partial charge >= 0.3 is 0 Å². The molecule has 0 saturated carbocycles. The van der Waals surface area contributed by atoms with E-state index in [2.05, 4.69) is 28.2 Å². The monoisotopic (exact) mass is 367 g/mol. The lowest BCUT2D eigenvalue weighted by Crippen LogP contribution is -2.45. The van der Waals surface area contributed by atoms with Gasteiger partial charge in [-0.15, -0.1) is 0 Å². The van der Waals surface area contributed by atoms with Crippen molar-refractivity contribution >= 4 is 40.0 Å². The molecule has 4 rings (SSSR count). The number of benzene rings is 2. The fourth-order valence-corrected chi connectivity index (χ4v) is 3.40. The molecule has 5 nitrogen and oxygen atoms in total. The standard InChI is InChI=1S/C20H22ClN5/c1-14-7-8-15(21)13-18(14)23-20-22-17-6-4-3-5-16(17)19(24-20)26-11-9-25(2)10-12-26/h3-8,13H,9-12H2,1-2H3,(H,22,23,24). The van der Waals surface area contributed by atoms with Crippen LogP contribution < -0.4 is 10.2 Å². The second-order valence-electron chi connectivity index (χ2n) is 6.76. The number of aryl methyl sites for hydroxylation is 1. The molecule has 26 heavy (non-hydrogen) atoms. The lowest BCUT2D eigenvalue weighted by Gasteiger charge is -2.33. The van der Waals surface area contributed by atoms with Crippen molar-refractivity contribution in [3.05, 3.63) is 53.1 Å². The van der Waals surface area contributed by atoms with Crippen LogP contribution in [0.25, 0.3) is 10.9 Å². The van der Waals surface area contributed by atoms with Gasteiger partial charge in [-0.2, -0.15) is 4.98 Å². The minimum Gasteiger partial charge on any atom is -0.353 e. The Bertz CT molecular complexity index is 935. The van der Waals surface area contributed by atoms with Crippen LogP contribution in [-0.4, -0.2) is 48.1 Å². The summed E-state index contributed by atoms with van der Waals surface area (Å²) in [5.74, 6) is 1.59. The van der Waals surface area contributed by atoms with Gasteiger partial charge in [0.05, 0.1) is 5.52 Å². The first kappa shape index (κ1) is 17.1. The van der Waals surface area contributed by atoms with Gasteiger partial charge in [0.15, 0.2) is 0 Å². The summed E-state index contributed by atoms with van der Waals surface area (Å²) in [6, 6.07) is 14.0. The Kier molecular flexibility index (Phi) is 4.66. The van der Waals surface area contributed by atoms with E-state index in [1.165, 1.54) is 0 Å². The number of nitrogens with zero attached hydrogens (tertiary/aromatic N) is 4. The largest absolute Gasteiger partial charge is 0.353 e. The van der Waals surface area contributed by atoms with Crippen LogP contribution in [0, 0.1) is 6.92 Å². The Hall–Kier alpha value is -2.37. The molecule has 0 atom stereocenters. The summed E-state index contributed by atoms with van der Waals surface area (Å²) in [5, 5.41) is 5.13. The van der Waals surface area contributed by atoms with E-state index in [-0.39, 0.29) is 0 Å². The third kappa shape index (κ3) is 3.45. The molecule has 2 aromatic carbocycles. The average molecular weight is 368 g/mol. The summed E-state index contributed by atoms with van der Waals surface area (Å²) in [4.78, 5) is 14.3. The zero-order chi connectivity index (χ0) is 18.1. The van der Waals surface area contributed by atoms with Gasteiger partial charge in [-0.05, 0) is 43.8 Å². The number of nitrogens with one attached hydrogen (secondary N) is 1. The maximum atomic E-state index is 6.15. The van der Waals surface area contributed by atoms with Crippen molar-refractivity contribution < 1.29 is 0 Å². The Morgan fingerprint density at radius 3 is 2.58 bits per heavy atom. The maximum absolute atomic E-state index is 6.15. The molecule has 1 aliphatic heterocycles. The fourth-order valence-electron chi connectivity index (χ4n) is 3.22. The van der Waals surface area contributed by atoms with Gasteiger partial charge in [0.2, 0.25) is 5.95 Å². The molecular formula is C20H22ClN5. The number of anilines is 3. The summed E-state index contributed by atoms with van der Waals surface area (Å²) in [6.45, 7) is 6.05. The molecular weight excluding hydrogens is 346 g/mol. The zero-order valence-electron chi connectivity index (χ0n) is 15.0. The number of fused-ring (bicyclic) bond motifs is 1. The van der Waals surface area contributed by atoms with Crippen LogP contribution in [-0.2, 0) is 0 Å². The first-order valence-electron chi connectivity index (χ1n) is 8.83. The molecule has 134 valence electrons. The quantitative estimate of drug-likeness (QED) is 0.755. The van der Waals surface area contributed by atoms with Crippen LogP contribution in [0.15, 0.2) is 42.5 Å². The number of aromatic nitrogens is 2. The number of piperazine rings is 1. The molecule has 3 aromatic rings. The van der Waals surface area contributed by atoms with Gasteiger partial charge in [0.1, 0.15) is 5.82 Å². The summed E-state index contributed by atoms with van der Waals surface area (Å²) >= 11 is 6.15. The van der Waals surface area contributed by atoms with Crippen molar-refractivity contribution in [1.29, 1.82) is 0 Å². The topological polar surface area (TPSA) is 44.3 Å². The first-order valence-corrected chi connectivity index (χ1v) is 9.21. The van der Waals surface area contributed by atoms with Crippen molar-refractivity contribution in [3.8, 4) is 0 Å². The fraction of sp³-hybridized carbons (Fsp3) is 0.300. The molecule has 1 aliphatic rings. The van der Waals surface area contributed by atoms with E-state index in [1.807, 2.05) is 43.3 Å². The summed E-state index contributed by atoms with van der Waals surface area (Å²) in [7, 11) is 2.16. The minimum atomic E-state index is 0.600. The highest BCUT2D eigenvalue weighted by atomic mass is 35.5. The van der Waals surface area contributed by atoms with Crippen LogP contribution in [0.4, 0.5) is 17.5 Å². The van der Waals surface area contributed by atoms with Gasteiger partial charge in [0, 0.05) is 42.3 Å². The van der Waals surface area contributed by atoms with E-state index in [0.29, 0.717) is 11.0 Å². The lowest BCUT2D eigenvalue weighted by atomic mass is 10.2. The van der Waals surface area contributed by atoms with Crippen LogP contribution >= 0.6 is 11.6 Å². The third-order valence-corrected chi connectivity index (χ3v) is 5.07. The van der Waals surface area contributed by atoms with Gasteiger partial charge in [0.25, 0.3) is 0 Å². The first-order chi connectivity index (χ1) is 12.6. The van der Waals surface area contributed by atoms with Gasteiger partial charge in [-0.25, -0.2) is 4.98 Å². The van der Waals surface area contributed by atoms with Crippen molar-refractivity contribution in [2.24, 2.45) is 0 Å². The smallest absolute Gasteiger partial charge is 0.229 e. The molecule has 2 heterocycles. The van der Waals surface area contributed by atoms with Crippen molar-refractivity contribution in [3.63, 3.8) is 0 Å². The molecule has 0 bridgehead atoms. The SMILES string of the molecule is Cc1ccc(Cl)cc1Nc1nc(N2CCN(C)CC2)c2ccccc2n1. The number of hydrogen-bond donors (Lipinski definition) is 1. The van der Waals surface area contributed by atoms with E-state index in [9.17, 15) is 0 Å². The van der Waals surface area contributed by atoms with Crippen molar-refractivity contribution in [1.82, 2.24) is 14.9 Å². The molecule has 1 saturated heterocycles. The molecule has 6 heteroatoms. The molecule has 0 aliphatic carbocycles.